The number of aromatic hydroxyl groups is 1. The molecule has 0 spiro atoms. The molecule has 0 aliphatic carbocycles. The van der Waals surface area contributed by atoms with Gasteiger partial charge in [0.15, 0.2) is 0 Å². The van der Waals surface area contributed by atoms with E-state index in [-0.39, 0.29) is 23.9 Å². The van der Waals surface area contributed by atoms with E-state index in [2.05, 4.69) is 10.1 Å². The molecule has 0 fully saturated rings. The first-order valence-corrected chi connectivity index (χ1v) is 10.3. The number of methoxy groups -OCH3 is 1. The summed E-state index contributed by atoms with van der Waals surface area (Å²) in [6.07, 6.45) is -0.189. The molecule has 2 aromatic carbocycles. The first-order valence-electron chi connectivity index (χ1n) is 10.3. The maximum atomic E-state index is 13.1. The Kier molecular flexibility index (Phi) is 6.82. The van der Waals surface area contributed by atoms with Gasteiger partial charge in [0, 0.05) is 12.2 Å². The van der Waals surface area contributed by atoms with Crippen molar-refractivity contribution in [2.24, 2.45) is 5.92 Å². The van der Waals surface area contributed by atoms with E-state index in [1.807, 2.05) is 32.9 Å². The van der Waals surface area contributed by atoms with Crippen molar-refractivity contribution in [3.05, 3.63) is 75.8 Å². The van der Waals surface area contributed by atoms with Gasteiger partial charge in [-0.1, -0.05) is 31.5 Å². The smallest absolute Gasteiger partial charge is 0.337 e. The maximum Gasteiger partial charge on any atom is 0.337 e. The van der Waals surface area contributed by atoms with Crippen LogP contribution in [0, 0.1) is 12.8 Å². The quantitative estimate of drug-likeness (QED) is 0.552. The highest BCUT2D eigenvalue weighted by Gasteiger charge is 2.23. The van der Waals surface area contributed by atoms with Crippen LogP contribution in [0.25, 0.3) is 5.69 Å². The van der Waals surface area contributed by atoms with Gasteiger partial charge in [0.2, 0.25) is 11.8 Å². The molecule has 0 atom stereocenters. The van der Waals surface area contributed by atoms with Crippen molar-refractivity contribution < 1.29 is 19.4 Å². The number of imidazole rings is 1. The van der Waals surface area contributed by atoms with E-state index in [9.17, 15) is 19.5 Å². The summed E-state index contributed by atoms with van der Waals surface area (Å²) in [5, 5.41) is 13.6. The van der Waals surface area contributed by atoms with Gasteiger partial charge >= 0.3 is 11.7 Å². The van der Waals surface area contributed by atoms with Crippen molar-refractivity contribution in [1.29, 1.82) is 0 Å². The van der Waals surface area contributed by atoms with Crippen molar-refractivity contribution in [3.8, 4) is 11.6 Å². The van der Waals surface area contributed by atoms with Crippen LogP contribution in [0.2, 0.25) is 0 Å². The van der Waals surface area contributed by atoms with E-state index in [1.54, 1.807) is 36.4 Å². The third kappa shape index (κ3) is 4.91. The van der Waals surface area contributed by atoms with E-state index in [4.69, 9.17) is 0 Å². The fourth-order valence-electron chi connectivity index (χ4n) is 3.40. The van der Waals surface area contributed by atoms with E-state index in [0.29, 0.717) is 23.5 Å². The molecular weight excluding hydrogens is 410 g/mol. The van der Waals surface area contributed by atoms with E-state index < -0.39 is 17.6 Å². The zero-order valence-corrected chi connectivity index (χ0v) is 18.6. The summed E-state index contributed by atoms with van der Waals surface area (Å²) in [7, 11) is 1.30. The lowest BCUT2D eigenvalue weighted by molar-refractivity contribution is -0.115. The van der Waals surface area contributed by atoms with Crippen molar-refractivity contribution in [2.75, 3.05) is 12.4 Å². The minimum Gasteiger partial charge on any atom is -0.493 e. The van der Waals surface area contributed by atoms with Gasteiger partial charge in [-0.2, -0.15) is 0 Å². The molecule has 168 valence electrons. The fraction of sp³-hybridized carbons (Fsp3) is 0.292. The monoisotopic (exact) mass is 437 g/mol. The van der Waals surface area contributed by atoms with E-state index in [0.717, 1.165) is 5.56 Å². The maximum absolute atomic E-state index is 13.1. The Morgan fingerprint density at radius 2 is 1.69 bits per heavy atom. The number of anilines is 1. The predicted octanol–water partition coefficient (Wildman–Crippen LogP) is 3.28. The molecule has 3 aromatic rings. The Balaban J connectivity index is 1.90. The second kappa shape index (κ2) is 9.55. The van der Waals surface area contributed by atoms with E-state index in [1.165, 1.54) is 16.2 Å². The molecule has 0 saturated carbocycles. The third-order valence-corrected chi connectivity index (χ3v) is 4.98. The number of ether oxygens (including phenoxy) is 1. The summed E-state index contributed by atoms with van der Waals surface area (Å²) in [5.74, 6) is -0.989. The number of nitrogens with zero attached hydrogens (tertiary/aromatic N) is 2. The van der Waals surface area contributed by atoms with Gasteiger partial charge in [-0.3, -0.25) is 9.36 Å². The molecule has 0 aliphatic heterocycles. The highest BCUT2D eigenvalue weighted by Crippen LogP contribution is 2.23. The average Bonchev–Trinajstić information content (AvgIpc) is 2.98. The van der Waals surface area contributed by atoms with Crippen molar-refractivity contribution >= 4 is 17.6 Å². The topological polar surface area (TPSA) is 103 Å². The number of esters is 1. The lowest BCUT2D eigenvalue weighted by Gasteiger charge is -2.10. The standard InChI is InChI=1S/C24H27N3O5/c1-15(2)14-26-20(22(29)27(24(26)31)19-11-5-16(3)6-12-19)13-21(28)25-18-9-7-17(8-10-18)23(30)32-4/h5-12,15,29H,13-14H2,1-4H3,(H,25,28). The Bertz CT molecular complexity index is 1170. The number of carbonyl (C=O) groups is 2. The first kappa shape index (κ1) is 22.9. The molecule has 0 saturated heterocycles. The minimum absolute atomic E-state index is 0.133. The summed E-state index contributed by atoms with van der Waals surface area (Å²) >= 11 is 0. The second-order valence-electron chi connectivity index (χ2n) is 8.02. The predicted molar refractivity (Wildman–Crippen MR) is 121 cm³/mol. The molecule has 3 rings (SSSR count). The molecular formula is C24H27N3O5. The van der Waals surface area contributed by atoms with Crippen LogP contribution in [0.4, 0.5) is 5.69 Å². The zero-order valence-electron chi connectivity index (χ0n) is 18.6. The molecule has 8 heteroatoms. The molecule has 32 heavy (non-hydrogen) atoms. The van der Waals surface area contributed by atoms with Crippen molar-refractivity contribution in [1.82, 2.24) is 9.13 Å². The summed E-state index contributed by atoms with van der Waals surface area (Å²) in [6.45, 7) is 6.21. The van der Waals surface area contributed by atoms with Crippen molar-refractivity contribution in [2.45, 2.75) is 33.7 Å². The Labute approximate surface area is 186 Å². The van der Waals surface area contributed by atoms with Crippen LogP contribution >= 0.6 is 0 Å². The fourth-order valence-corrected chi connectivity index (χ4v) is 3.40. The molecule has 0 radical (unpaired) electrons. The molecule has 0 bridgehead atoms. The number of aryl methyl sites for hydroxylation is 1. The van der Waals surface area contributed by atoms with Crippen LogP contribution in [0.3, 0.4) is 0 Å². The number of nitrogens with one attached hydrogen (secondary N) is 1. The zero-order chi connectivity index (χ0) is 23.4. The number of carbonyl (C=O) groups excluding carboxylic acids is 2. The van der Waals surface area contributed by atoms with Gasteiger partial charge < -0.3 is 15.2 Å². The van der Waals surface area contributed by atoms with Crippen LogP contribution in [0.1, 0.15) is 35.5 Å². The Morgan fingerprint density at radius 3 is 2.25 bits per heavy atom. The Morgan fingerprint density at radius 1 is 1.06 bits per heavy atom. The third-order valence-electron chi connectivity index (χ3n) is 4.98. The van der Waals surface area contributed by atoms with Crippen LogP contribution in [-0.4, -0.2) is 33.2 Å². The largest absolute Gasteiger partial charge is 0.493 e. The SMILES string of the molecule is COC(=O)c1ccc(NC(=O)Cc2c(O)n(-c3ccc(C)cc3)c(=O)n2CC(C)C)cc1. The highest BCUT2D eigenvalue weighted by atomic mass is 16.5. The number of rotatable bonds is 7. The van der Waals surface area contributed by atoms with Gasteiger partial charge in [-0.15, -0.1) is 0 Å². The minimum atomic E-state index is -0.469. The summed E-state index contributed by atoms with van der Waals surface area (Å²) in [4.78, 5) is 37.4. The molecule has 1 amide bonds. The number of aromatic nitrogens is 2. The van der Waals surface area contributed by atoms with Gasteiger partial charge in [0.25, 0.3) is 0 Å². The molecule has 1 aromatic heterocycles. The van der Waals surface area contributed by atoms with E-state index >= 15 is 0 Å². The Hall–Kier alpha value is -3.81. The lowest BCUT2D eigenvalue weighted by Crippen LogP contribution is -2.27. The van der Waals surface area contributed by atoms with Gasteiger partial charge in [-0.25, -0.2) is 14.2 Å². The van der Waals surface area contributed by atoms with Crippen LogP contribution in [-0.2, 0) is 22.5 Å². The number of benzene rings is 2. The molecule has 0 unspecified atom stereocenters. The highest BCUT2D eigenvalue weighted by molar-refractivity contribution is 5.94. The van der Waals surface area contributed by atoms with Gasteiger partial charge in [0.1, 0.15) is 0 Å². The number of amides is 1. The molecule has 8 nitrogen and oxygen atoms in total. The van der Waals surface area contributed by atoms with Crippen LogP contribution < -0.4 is 11.0 Å². The lowest BCUT2D eigenvalue weighted by atomic mass is 10.2. The van der Waals surface area contributed by atoms with Gasteiger partial charge in [0.05, 0.1) is 30.5 Å². The molecule has 0 aliphatic rings. The van der Waals surface area contributed by atoms with Crippen molar-refractivity contribution in [3.63, 3.8) is 0 Å². The van der Waals surface area contributed by atoms with Crippen LogP contribution in [0.15, 0.2) is 53.3 Å². The average molecular weight is 437 g/mol. The first-order chi connectivity index (χ1) is 15.2. The molecule has 1 heterocycles. The normalized spacial score (nSPS) is 10.9. The number of hydrogen-bond acceptors (Lipinski definition) is 5. The number of hydrogen-bond donors (Lipinski definition) is 2. The second-order valence-corrected chi connectivity index (χ2v) is 8.02. The summed E-state index contributed by atoms with van der Waals surface area (Å²) < 4.78 is 7.32. The molecule has 2 N–H and O–H groups in total. The van der Waals surface area contributed by atoms with Crippen LogP contribution in [0.5, 0.6) is 5.88 Å². The van der Waals surface area contributed by atoms with Gasteiger partial charge in [-0.05, 0) is 49.2 Å². The summed E-state index contributed by atoms with van der Waals surface area (Å²) in [6, 6.07) is 13.5. The summed E-state index contributed by atoms with van der Waals surface area (Å²) in [5.41, 5.74) is 2.25.